The van der Waals surface area contributed by atoms with E-state index in [1.165, 1.54) is 6.07 Å². The molecule has 114 valence electrons. The second-order valence-corrected chi connectivity index (χ2v) is 4.43. The molecule has 0 saturated heterocycles. The molecule has 0 unspecified atom stereocenters. The maximum absolute atomic E-state index is 11.1. The van der Waals surface area contributed by atoms with Gasteiger partial charge in [-0.15, -0.1) is 11.6 Å². The molecule has 8 heteroatoms. The summed E-state index contributed by atoms with van der Waals surface area (Å²) in [5, 5.41) is 11.1. The molecule has 0 aliphatic rings. The molecule has 1 N–H and O–H groups in total. The maximum Gasteiger partial charge on any atom is 0.311 e. The Balaban J connectivity index is 0.00000220. The first-order valence-corrected chi connectivity index (χ1v) is 6.71. The van der Waals surface area contributed by atoms with Crippen molar-refractivity contribution in [1.29, 1.82) is 0 Å². The molecule has 0 spiro atoms. The van der Waals surface area contributed by atoms with E-state index < -0.39 is 4.92 Å². The van der Waals surface area contributed by atoms with Crippen LogP contribution in [0.15, 0.2) is 30.6 Å². The van der Waals surface area contributed by atoms with Crippen molar-refractivity contribution in [2.24, 2.45) is 0 Å². The molecule has 0 bridgehead atoms. The van der Waals surface area contributed by atoms with Crippen LogP contribution in [-0.4, -0.2) is 16.5 Å². The molecule has 0 radical (unpaired) electrons. The van der Waals surface area contributed by atoms with E-state index in [2.05, 4.69) is 4.98 Å². The normalized spacial score (nSPS) is 10.0. The highest BCUT2D eigenvalue weighted by Gasteiger charge is 2.17. The summed E-state index contributed by atoms with van der Waals surface area (Å²) in [5.41, 5.74) is 0.795. The zero-order chi connectivity index (χ0) is 14.5. The predicted octanol–water partition coefficient (Wildman–Crippen LogP) is -0.600. The van der Waals surface area contributed by atoms with Crippen molar-refractivity contribution in [2.75, 3.05) is 6.61 Å². The van der Waals surface area contributed by atoms with Gasteiger partial charge in [-0.25, -0.2) is 9.55 Å². The third kappa shape index (κ3) is 4.09. The molecule has 0 saturated carbocycles. The lowest BCUT2D eigenvalue weighted by Crippen LogP contribution is -3.00. The molecule has 0 amide bonds. The van der Waals surface area contributed by atoms with Gasteiger partial charge in [0.2, 0.25) is 0 Å². The Hall–Kier alpha value is -1.79. The van der Waals surface area contributed by atoms with Gasteiger partial charge in [0.15, 0.2) is 5.75 Å². The lowest BCUT2D eigenvalue weighted by molar-refractivity contribution is -0.693. The first kappa shape index (κ1) is 17.3. The molecule has 0 atom stereocenters. The number of aromatic amines is 1. The molecule has 1 aromatic carbocycles. The molecule has 21 heavy (non-hydrogen) atoms. The standard InChI is InChI=1S/C13H14ClN3O3.ClH/c1-2-20-12-4-3-10(7-11(12)17(18)19)9-16-6-5-15-13(16)8-14;/h3-7H,2,8-9H2,1H3;1H. The number of ether oxygens (including phenoxy) is 1. The zero-order valence-electron chi connectivity index (χ0n) is 11.4. The van der Waals surface area contributed by atoms with E-state index in [4.69, 9.17) is 16.3 Å². The highest BCUT2D eigenvalue weighted by molar-refractivity contribution is 6.16. The van der Waals surface area contributed by atoms with Crippen LogP contribution in [0.5, 0.6) is 5.75 Å². The van der Waals surface area contributed by atoms with E-state index in [-0.39, 0.29) is 23.8 Å². The fourth-order valence-electron chi connectivity index (χ4n) is 1.94. The average molecular weight is 332 g/mol. The van der Waals surface area contributed by atoms with E-state index in [1.807, 2.05) is 16.8 Å². The molecule has 0 fully saturated rings. The van der Waals surface area contributed by atoms with Gasteiger partial charge in [-0.05, 0) is 13.0 Å². The van der Waals surface area contributed by atoms with Crippen molar-refractivity contribution in [3.05, 3.63) is 52.1 Å². The average Bonchev–Trinajstić information content (AvgIpc) is 2.87. The summed E-state index contributed by atoms with van der Waals surface area (Å²) in [6.45, 7) is 2.70. The monoisotopic (exact) mass is 331 g/mol. The van der Waals surface area contributed by atoms with Gasteiger partial charge in [0.05, 0.1) is 11.5 Å². The molecule has 2 aromatic rings. The van der Waals surface area contributed by atoms with Crippen molar-refractivity contribution >= 4 is 17.3 Å². The number of nitro benzene ring substituents is 1. The Morgan fingerprint density at radius 2 is 2.24 bits per heavy atom. The predicted molar refractivity (Wildman–Crippen MR) is 73.9 cm³/mol. The van der Waals surface area contributed by atoms with Gasteiger partial charge in [0.1, 0.15) is 24.8 Å². The topological polar surface area (TPSA) is 72.0 Å². The van der Waals surface area contributed by atoms with Gasteiger partial charge in [-0.1, -0.05) is 6.07 Å². The van der Waals surface area contributed by atoms with Crippen LogP contribution in [0, 0.1) is 10.1 Å². The van der Waals surface area contributed by atoms with Gasteiger partial charge in [-0.2, -0.15) is 0 Å². The smallest absolute Gasteiger partial charge is 0.311 e. The SMILES string of the molecule is CCOc1ccc(C[n+]2cc[nH]c2CCl)cc1[N+](=O)[O-].[Cl-]. The Morgan fingerprint density at radius 3 is 2.86 bits per heavy atom. The Labute approximate surface area is 133 Å². The summed E-state index contributed by atoms with van der Waals surface area (Å²) in [6.07, 6.45) is 3.63. The lowest BCUT2D eigenvalue weighted by Gasteiger charge is -2.06. The number of nitro groups is 1. The number of halogens is 2. The number of alkyl halides is 1. The number of aromatic nitrogens is 2. The third-order valence-corrected chi connectivity index (χ3v) is 3.10. The van der Waals surface area contributed by atoms with Gasteiger partial charge < -0.3 is 17.1 Å². The van der Waals surface area contributed by atoms with Crippen LogP contribution in [0.1, 0.15) is 18.3 Å². The summed E-state index contributed by atoms with van der Waals surface area (Å²) in [6, 6.07) is 4.98. The molecular formula is C13H15Cl2N3O3. The minimum Gasteiger partial charge on any atom is -1.00 e. The number of hydrogen-bond donors (Lipinski definition) is 1. The lowest BCUT2D eigenvalue weighted by atomic mass is 10.2. The van der Waals surface area contributed by atoms with E-state index in [1.54, 1.807) is 19.2 Å². The number of benzene rings is 1. The van der Waals surface area contributed by atoms with Crippen molar-refractivity contribution in [3.8, 4) is 5.75 Å². The summed E-state index contributed by atoms with van der Waals surface area (Å²) in [5.74, 6) is 1.49. The van der Waals surface area contributed by atoms with Crippen LogP contribution in [0.2, 0.25) is 0 Å². The van der Waals surface area contributed by atoms with Gasteiger partial charge >= 0.3 is 5.69 Å². The number of hydrogen-bond acceptors (Lipinski definition) is 3. The summed E-state index contributed by atoms with van der Waals surface area (Å²) in [7, 11) is 0. The number of imidazole rings is 1. The molecular weight excluding hydrogens is 317 g/mol. The fourth-order valence-corrected chi connectivity index (χ4v) is 2.17. The highest BCUT2D eigenvalue weighted by Crippen LogP contribution is 2.27. The number of nitrogens with one attached hydrogen (secondary N) is 1. The molecule has 6 nitrogen and oxygen atoms in total. The van der Waals surface area contributed by atoms with Crippen LogP contribution in [0.4, 0.5) is 5.69 Å². The second-order valence-electron chi connectivity index (χ2n) is 4.16. The second kappa shape index (κ2) is 7.85. The minimum atomic E-state index is -0.432. The Bertz CT molecular complexity index is 616. The number of rotatable bonds is 6. The number of H-pyrrole nitrogens is 1. The van der Waals surface area contributed by atoms with E-state index in [0.717, 1.165) is 11.4 Å². The van der Waals surface area contributed by atoms with Crippen LogP contribution in [0.3, 0.4) is 0 Å². The van der Waals surface area contributed by atoms with Crippen LogP contribution in [0.25, 0.3) is 0 Å². The fraction of sp³-hybridized carbons (Fsp3) is 0.308. The molecule has 2 rings (SSSR count). The Kier molecular flexibility index (Phi) is 6.45. The third-order valence-electron chi connectivity index (χ3n) is 2.85. The quantitative estimate of drug-likeness (QED) is 0.332. The molecule has 1 heterocycles. The molecule has 1 aromatic heterocycles. The van der Waals surface area contributed by atoms with E-state index >= 15 is 0 Å². The summed E-state index contributed by atoms with van der Waals surface area (Å²) in [4.78, 5) is 13.7. The molecule has 0 aliphatic heterocycles. The van der Waals surface area contributed by atoms with Crippen LogP contribution >= 0.6 is 11.6 Å². The van der Waals surface area contributed by atoms with Crippen molar-refractivity contribution < 1.29 is 26.6 Å². The first-order valence-electron chi connectivity index (χ1n) is 6.17. The van der Waals surface area contributed by atoms with Crippen molar-refractivity contribution in [2.45, 2.75) is 19.3 Å². The number of nitrogens with zero attached hydrogens (tertiary/aromatic N) is 2. The van der Waals surface area contributed by atoms with Crippen molar-refractivity contribution in [1.82, 2.24) is 4.98 Å². The Morgan fingerprint density at radius 1 is 1.48 bits per heavy atom. The van der Waals surface area contributed by atoms with Crippen LogP contribution < -0.4 is 21.7 Å². The van der Waals surface area contributed by atoms with E-state index in [0.29, 0.717) is 19.0 Å². The van der Waals surface area contributed by atoms with Gasteiger partial charge in [0.25, 0.3) is 5.82 Å². The zero-order valence-corrected chi connectivity index (χ0v) is 12.9. The van der Waals surface area contributed by atoms with Gasteiger partial charge in [-0.3, -0.25) is 10.1 Å². The maximum atomic E-state index is 11.1. The largest absolute Gasteiger partial charge is 1.00 e. The van der Waals surface area contributed by atoms with Crippen LogP contribution in [-0.2, 0) is 12.4 Å². The van der Waals surface area contributed by atoms with E-state index in [9.17, 15) is 10.1 Å². The first-order chi connectivity index (χ1) is 9.65. The highest BCUT2D eigenvalue weighted by atomic mass is 35.5. The summed E-state index contributed by atoms with van der Waals surface area (Å²) >= 11 is 5.81. The molecule has 0 aliphatic carbocycles. The van der Waals surface area contributed by atoms with Gasteiger partial charge in [0, 0.05) is 11.6 Å². The van der Waals surface area contributed by atoms with Crippen molar-refractivity contribution in [3.63, 3.8) is 0 Å². The minimum absolute atomic E-state index is 0. The summed E-state index contributed by atoms with van der Waals surface area (Å²) < 4.78 is 7.17.